The van der Waals surface area contributed by atoms with E-state index in [1.54, 1.807) is 0 Å². The molecule has 0 radical (unpaired) electrons. The third kappa shape index (κ3) is 2.99. The molecule has 0 amide bonds. The maximum Gasteiger partial charge on any atom is 0.0638 e. The van der Waals surface area contributed by atoms with Crippen LogP contribution in [0.4, 0.5) is 0 Å². The van der Waals surface area contributed by atoms with Gasteiger partial charge in [0.1, 0.15) is 0 Å². The minimum absolute atomic E-state index is 0.336. The van der Waals surface area contributed by atoms with Gasteiger partial charge in [-0.3, -0.25) is 0 Å². The highest BCUT2D eigenvalue weighted by Crippen LogP contribution is 2.35. The molecule has 14 heavy (non-hydrogen) atoms. The van der Waals surface area contributed by atoms with E-state index in [1.165, 1.54) is 25.7 Å². The van der Waals surface area contributed by atoms with Gasteiger partial charge in [-0.05, 0) is 25.2 Å². The molecule has 1 fully saturated rings. The van der Waals surface area contributed by atoms with E-state index in [0.717, 1.165) is 0 Å². The average molecular weight is 194 g/mol. The SMILES string of the molecule is CC(CC#N)NC1CCCCC1(C)C. The maximum atomic E-state index is 8.61. The van der Waals surface area contributed by atoms with Crippen LogP contribution in [0.3, 0.4) is 0 Å². The smallest absolute Gasteiger partial charge is 0.0638 e. The summed E-state index contributed by atoms with van der Waals surface area (Å²) in [5, 5.41) is 12.2. The molecule has 2 unspecified atom stereocenters. The Morgan fingerprint density at radius 1 is 1.50 bits per heavy atom. The zero-order valence-electron chi connectivity index (χ0n) is 9.64. The molecule has 1 rings (SSSR count). The number of rotatable bonds is 3. The van der Waals surface area contributed by atoms with Crippen LogP contribution >= 0.6 is 0 Å². The quantitative estimate of drug-likeness (QED) is 0.750. The number of hydrogen-bond acceptors (Lipinski definition) is 2. The molecule has 0 aliphatic heterocycles. The summed E-state index contributed by atoms with van der Waals surface area (Å²) in [6.45, 7) is 6.78. The molecular formula is C12H22N2. The molecule has 1 aliphatic carbocycles. The average Bonchev–Trinajstić information content (AvgIpc) is 2.09. The molecule has 0 spiro atoms. The second-order valence-corrected chi connectivity index (χ2v) is 5.22. The van der Waals surface area contributed by atoms with Crippen LogP contribution in [0.1, 0.15) is 52.9 Å². The number of nitrogens with one attached hydrogen (secondary N) is 1. The molecule has 2 nitrogen and oxygen atoms in total. The Kier molecular flexibility index (Phi) is 3.95. The molecule has 2 heteroatoms. The Labute approximate surface area is 87.7 Å². The summed E-state index contributed by atoms with van der Waals surface area (Å²) in [7, 11) is 0. The van der Waals surface area contributed by atoms with Crippen LogP contribution in [0.2, 0.25) is 0 Å². The van der Waals surface area contributed by atoms with E-state index in [9.17, 15) is 0 Å². The Morgan fingerprint density at radius 2 is 2.21 bits per heavy atom. The first-order valence-corrected chi connectivity index (χ1v) is 5.69. The van der Waals surface area contributed by atoms with Gasteiger partial charge in [-0.15, -0.1) is 0 Å². The first kappa shape index (κ1) is 11.5. The third-order valence-electron chi connectivity index (χ3n) is 3.39. The zero-order chi connectivity index (χ0) is 10.6. The third-order valence-corrected chi connectivity index (χ3v) is 3.39. The normalized spacial score (nSPS) is 28.0. The summed E-state index contributed by atoms with van der Waals surface area (Å²) in [5.74, 6) is 0. The van der Waals surface area contributed by atoms with E-state index in [0.29, 0.717) is 23.9 Å². The van der Waals surface area contributed by atoms with E-state index >= 15 is 0 Å². The van der Waals surface area contributed by atoms with E-state index in [-0.39, 0.29) is 0 Å². The van der Waals surface area contributed by atoms with Crippen molar-refractivity contribution in [2.75, 3.05) is 0 Å². The number of nitrogens with zero attached hydrogens (tertiary/aromatic N) is 1. The lowest BCUT2D eigenvalue weighted by atomic mass is 9.73. The van der Waals surface area contributed by atoms with Crippen LogP contribution < -0.4 is 5.32 Å². The standard InChI is InChI=1S/C12H22N2/c1-10(7-9-13)14-11-6-4-5-8-12(11,2)3/h10-11,14H,4-8H2,1-3H3. The van der Waals surface area contributed by atoms with Crippen molar-refractivity contribution < 1.29 is 0 Å². The van der Waals surface area contributed by atoms with Crippen LogP contribution in [0, 0.1) is 16.7 Å². The van der Waals surface area contributed by atoms with Gasteiger partial charge < -0.3 is 5.32 Å². The fourth-order valence-corrected chi connectivity index (χ4v) is 2.34. The van der Waals surface area contributed by atoms with Crippen molar-refractivity contribution in [2.24, 2.45) is 5.41 Å². The minimum atomic E-state index is 0.336. The molecule has 1 saturated carbocycles. The minimum Gasteiger partial charge on any atom is -0.310 e. The lowest BCUT2D eigenvalue weighted by Crippen LogP contribution is -2.47. The molecule has 0 saturated heterocycles. The van der Waals surface area contributed by atoms with Crippen molar-refractivity contribution in [1.82, 2.24) is 5.32 Å². The van der Waals surface area contributed by atoms with Gasteiger partial charge >= 0.3 is 0 Å². The molecule has 0 bridgehead atoms. The van der Waals surface area contributed by atoms with Crippen LogP contribution in [0.25, 0.3) is 0 Å². The van der Waals surface area contributed by atoms with Crippen molar-refractivity contribution in [3.63, 3.8) is 0 Å². The van der Waals surface area contributed by atoms with E-state index in [4.69, 9.17) is 5.26 Å². The van der Waals surface area contributed by atoms with E-state index < -0.39 is 0 Å². The molecule has 1 aliphatic rings. The van der Waals surface area contributed by atoms with Gasteiger partial charge in [-0.2, -0.15) is 5.26 Å². The fourth-order valence-electron chi connectivity index (χ4n) is 2.34. The monoisotopic (exact) mass is 194 g/mol. The van der Waals surface area contributed by atoms with Crippen LogP contribution in [0.15, 0.2) is 0 Å². The predicted octanol–water partition coefficient (Wildman–Crippen LogP) is 2.85. The topological polar surface area (TPSA) is 35.8 Å². The molecule has 0 aromatic rings. The highest BCUT2D eigenvalue weighted by atomic mass is 15.0. The van der Waals surface area contributed by atoms with Crippen molar-refractivity contribution in [2.45, 2.75) is 65.0 Å². The molecule has 0 heterocycles. The second kappa shape index (κ2) is 4.79. The van der Waals surface area contributed by atoms with Gasteiger partial charge in [0.05, 0.1) is 12.5 Å². The van der Waals surface area contributed by atoms with Crippen LogP contribution in [0.5, 0.6) is 0 Å². The predicted molar refractivity (Wildman–Crippen MR) is 58.9 cm³/mol. The summed E-state index contributed by atoms with van der Waals surface area (Å²) < 4.78 is 0. The molecular weight excluding hydrogens is 172 g/mol. The van der Waals surface area contributed by atoms with Gasteiger partial charge in [0.25, 0.3) is 0 Å². The molecule has 1 N–H and O–H groups in total. The van der Waals surface area contributed by atoms with E-state index in [1.807, 2.05) is 0 Å². The summed E-state index contributed by atoms with van der Waals surface area (Å²) in [5.41, 5.74) is 0.405. The van der Waals surface area contributed by atoms with E-state index in [2.05, 4.69) is 32.2 Å². The van der Waals surface area contributed by atoms with Gasteiger partial charge in [-0.1, -0.05) is 26.7 Å². The van der Waals surface area contributed by atoms with Gasteiger partial charge in [0.2, 0.25) is 0 Å². The second-order valence-electron chi connectivity index (χ2n) is 5.22. The number of hydrogen-bond donors (Lipinski definition) is 1. The van der Waals surface area contributed by atoms with Gasteiger partial charge in [0, 0.05) is 12.1 Å². The van der Waals surface area contributed by atoms with Gasteiger partial charge in [-0.25, -0.2) is 0 Å². The van der Waals surface area contributed by atoms with Crippen molar-refractivity contribution in [3.8, 4) is 6.07 Å². The highest BCUT2D eigenvalue weighted by Gasteiger charge is 2.32. The molecule has 2 atom stereocenters. The number of nitriles is 1. The summed E-state index contributed by atoms with van der Waals surface area (Å²) >= 11 is 0. The molecule has 80 valence electrons. The van der Waals surface area contributed by atoms with Gasteiger partial charge in [0.15, 0.2) is 0 Å². The largest absolute Gasteiger partial charge is 0.310 e. The maximum absolute atomic E-state index is 8.61. The summed E-state index contributed by atoms with van der Waals surface area (Å²) in [4.78, 5) is 0. The molecule has 0 aromatic carbocycles. The van der Waals surface area contributed by atoms with Crippen molar-refractivity contribution in [3.05, 3.63) is 0 Å². The lowest BCUT2D eigenvalue weighted by molar-refractivity contribution is 0.158. The van der Waals surface area contributed by atoms with Crippen LogP contribution in [-0.4, -0.2) is 12.1 Å². The highest BCUT2D eigenvalue weighted by molar-refractivity contribution is 4.90. The zero-order valence-corrected chi connectivity index (χ0v) is 9.64. The Hall–Kier alpha value is -0.550. The Balaban J connectivity index is 2.46. The first-order chi connectivity index (χ1) is 6.56. The summed E-state index contributed by atoms with van der Waals surface area (Å²) in [6.07, 6.45) is 5.89. The Morgan fingerprint density at radius 3 is 2.79 bits per heavy atom. The Bertz CT molecular complexity index is 215. The van der Waals surface area contributed by atoms with Crippen LogP contribution in [-0.2, 0) is 0 Å². The summed E-state index contributed by atoms with van der Waals surface area (Å²) in [6, 6.07) is 3.15. The fraction of sp³-hybridized carbons (Fsp3) is 0.917. The van der Waals surface area contributed by atoms with Crippen molar-refractivity contribution >= 4 is 0 Å². The molecule has 0 aromatic heterocycles. The van der Waals surface area contributed by atoms with Crippen molar-refractivity contribution in [1.29, 1.82) is 5.26 Å². The lowest BCUT2D eigenvalue weighted by Gasteiger charge is -2.40. The first-order valence-electron chi connectivity index (χ1n) is 5.69.